The van der Waals surface area contributed by atoms with Crippen LogP contribution in [0, 0.1) is 3.57 Å². The van der Waals surface area contributed by atoms with Crippen LogP contribution >= 0.6 is 22.6 Å². The molecule has 2 rings (SSSR count). The standard InChI is InChI=1S/C16H17IN2O5/c1-11(20)22-9-16(24-12(2)21)10-23-15-5-3-14(4-6-15)19-8-13(17)7-18-19/h3-8,16H,9-10H2,1-2H3/t16-/m1/s1. The Morgan fingerprint density at radius 1 is 1.17 bits per heavy atom. The van der Waals surface area contributed by atoms with E-state index < -0.39 is 18.0 Å². The van der Waals surface area contributed by atoms with Gasteiger partial charge in [0.2, 0.25) is 0 Å². The molecule has 0 unspecified atom stereocenters. The summed E-state index contributed by atoms with van der Waals surface area (Å²) in [4.78, 5) is 22.0. The van der Waals surface area contributed by atoms with Crippen LogP contribution in [0.15, 0.2) is 36.7 Å². The van der Waals surface area contributed by atoms with Crippen LogP contribution in [0.4, 0.5) is 0 Å². The van der Waals surface area contributed by atoms with Gasteiger partial charge in [-0.15, -0.1) is 0 Å². The molecule has 0 aliphatic carbocycles. The fourth-order valence-electron chi connectivity index (χ4n) is 1.89. The van der Waals surface area contributed by atoms with E-state index in [0.717, 1.165) is 9.26 Å². The molecule has 8 heteroatoms. The maximum atomic E-state index is 11.1. The van der Waals surface area contributed by atoms with Gasteiger partial charge in [0.05, 0.1) is 15.5 Å². The first-order valence-electron chi connectivity index (χ1n) is 7.18. The van der Waals surface area contributed by atoms with Gasteiger partial charge < -0.3 is 14.2 Å². The summed E-state index contributed by atoms with van der Waals surface area (Å²) < 4.78 is 18.3. The molecule has 0 radical (unpaired) electrons. The van der Waals surface area contributed by atoms with Crippen LogP contribution in [0.1, 0.15) is 13.8 Å². The highest BCUT2D eigenvalue weighted by Gasteiger charge is 2.15. The van der Waals surface area contributed by atoms with E-state index >= 15 is 0 Å². The van der Waals surface area contributed by atoms with Crippen LogP contribution in [-0.2, 0) is 19.1 Å². The van der Waals surface area contributed by atoms with E-state index in [-0.39, 0.29) is 13.2 Å². The van der Waals surface area contributed by atoms with Gasteiger partial charge in [0, 0.05) is 20.0 Å². The van der Waals surface area contributed by atoms with Gasteiger partial charge in [-0.05, 0) is 46.9 Å². The molecule has 0 saturated carbocycles. The van der Waals surface area contributed by atoms with Crippen molar-refractivity contribution in [3.63, 3.8) is 0 Å². The molecule has 1 aromatic heterocycles. The van der Waals surface area contributed by atoms with Gasteiger partial charge in [0.1, 0.15) is 19.0 Å². The van der Waals surface area contributed by atoms with Crippen LogP contribution in [0.3, 0.4) is 0 Å². The number of hydrogen-bond acceptors (Lipinski definition) is 6. The molecule has 2 aromatic rings. The predicted molar refractivity (Wildman–Crippen MR) is 94.0 cm³/mol. The first kappa shape index (κ1) is 18.2. The largest absolute Gasteiger partial charge is 0.490 e. The zero-order chi connectivity index (χ0) is 17.5. The van der Waals surface area contributed by atoms with Crippen LogP contribution in [-0.4, -0.2) is 41.0 Å². The summed E-state index contributed by atoms with van der Waals surface area (Å²) in [6.45, 7) is 2.63. The van der Waals surface area contributed by atoms with Crippen molar-refractivity contribution in [2.24, 2.45) is 0 Å². The highest BCUT2D eigenvalue weighted by molar-refractivity contribution is 14.1. The quantitative estimate of drug-likeness (QED) is 0.482. The van der Waals surface area contributed by atoms with E-state index in [1.807, 2.05) is 18.3 Å². The Morgan fingerprint density at radius 2 is 1.88 bits per heavy atom. The molecule has 1 heterocycles. The van der Waals surface area contributed by atoms with Crippen molar-refractivity contribution in [3.8, 4) is 11.4 Å². The number of halogens is 1. The summed E-state index contributed by atoms with van der Waals surface area (Å²) in [5.41, 5.74) is 0.904. The average molecular weight is 444 g/mol. The molecular formula is C16H17IN2O5. The van der Waals surface area contributed by atoms with E-state index in [1.165, 1.54) is 13.8 Å². The zero-order valence-electron chi connectivity index (χ0n) is 13.3. The summed E-state index contributed by atoms with van der Waals surface area (Å²) in [7, 11) is 0. The van der Waals surface area contributed by atoms with E-state index in [9.17, 15) is 9.59 Å². The molecule has 1 atom stereocenters. The molecule has 0 aliphatic heterocycles. The smallest absolute Gasteiger partial charge is 0.303 e. The molecule has 0 spiro atoms. The number of benzene rings is 1. The summed E-state index contributed by atoms with van der Waals surface area (Å²) in [5, 5.41) is 4.23. The summed E-state index contributed by atoms with van der Waals surface area (Å²) >= 11 is 2.19. The normalized spacial score (nSPS) is 11.6. The summed E-state index contributed by atoms with van der Waals surface area (Å²) in [6.07, 6.45) is 3.02. The Balaban J connectivity index is 1.93. The van der Waals surface area contributed by atoms with Crippen LogP contribution < -0.4 is 4.74 Å². The third kappa shape index (κ3) is 5.84. The molecular weight excluding hydrogens is 427 g/mol. The van der Waals surface area contributed by atoms with Gasteiger partial charge in [-0.3, -0.25) is 9.59 Å². The van der Waals surface area contributed by atoms with E-state index in [4.69, 9.17) is 14.2 Å². The third-order valence-corrected chi connectivity index (χ3v) is 3.45. The van der Waals surface area contributed by atoms with Crippen molar-refractivity contribution in [3.05, 3.63) is 40.2 Å². The van der Waals surface area contributed by atoms with E-state index in [2.05, 4.69) is 27.7 Å². The maximum Gasteiger partial charge on any atom is 0.303 e. The molecule has 0 amide bonds. The third-order valence-electron chi connectivity index (χ3n) is 2.89. The highest BCUT2D eigenvalue weighted by Crippen LogP contribution is 2.16. The molecule has 0 saturated heterocycles. The molecule has 0 aliphatic rings. The van der Waals surface area contributed by atoms with Gasteiger partial charge >= 0.3 is 11.9 Å². The maximum absolute atomic E-state index is 11.1. The van der Waals surface area contributed by atoms with Gasteiger partial charge in [-0.25, -0.2) is 4.68 Å². The lowest BCUT2D eigenvalue weighted by Crippen LogP contribution is -2.29. The highest BCUT2D eigenvalue weighted by atomic mass is 127. The Kier molecular flexibility index (Phi) is 6.59. The number of esters is 2. The molecule has 128 valence electrons. The molecule has 0 fully saturated rings. The van der Waals surface area contributed by atoms with Crippen LogP contribution in [0.5, 0.6) is 5.75 Å². The number of carbonyl (C=O) groups is 2. The molecule has 1 aromatic carbocycles. The molecule has 7 nitrogen and oxygen atoms in total. The van der Waals surface area contributed by atoms with Crippen molar-refractivity contribution < 1.29 is 23.8 Å². The van der Waals surface area contributed by atoms with E-state index in [0.29, 0.717) is 5.75 Å². The lowest BCUT2D eigenvalue weighted by molar-refractivity contribution is -0.158. The number of ether oxygens (including phenoxy) is 3. The second-order valence-electron chi connectivity index (χ2n) is 4.94. The first-order valence-corrected chi connectivity index (χ1v) is 8.26. The monoisotopic (exact) mass is 444 g/mol. The minimum Gasteiger partial charge on any atom is -0.490 e. The van der Waals surface area contributed by atoms with Crippen molar-refractivity contribution >= 4 is 34.5 Å². The Morgan fingerprint density at radius 3 is 2.42 bits per heavy atom. The predicted octanol–water partition coefficient (Wildman–Crippen LogP) is 2.35. The average Bonchev–Trinajstić information content (AvgIpc) is 2.96. The number of rotatable bonds is 7. The number of aromatic nitrogens is 2. The lowest BCUT2D eigenvalue weighted by atomic mass is 10.3. The molecule has 24 heavy (non-hydrogen) atoms. The van der Waals surface area contributed by atoms with Gasteiger partial charge in [0.15, 0.2) is 6.10 Å². The van der Waals surface area contributed by atoms with Gasteiger partial charge in [-0.1, -0.05) is 0 Å². The minimum atomic E-state index is -0.654. The SMILES string of the molecule is CC(=O)OC[C@H](COc1ccc(-n2cc(I)cn2)cc1)OC(C)=O. The van der Waals surface area contributed by atoms with Gasteiger partial charge in [0.25, 0.3) is 0 Å². The zero-order valence-corrected chi connectivity index (χ0v) is 15.4. The molecule has 0 N–H and O–H groups in total. The number of hydrogen-bond donors (Lipinski definition) is 0. The summed E-state index contributed by atoms with van der Waals surface area (Å²) in [5.74, 6) is -0.287. The van der Waals surface area contributed by atoms with E-state index in [1.54, 1.807) is 23.0 Å². The lowest BCUT2D eigenvalue weighted by Gasteiger charge is -2.17. The molecule has 0 bridgehead atoms. The second-order valence-corrected chi connectivity index (χ2v) is 6.19. The van der Waals surface area contributed by atoms with Crippen LogP contribution in [0.25, 0.3) is 5.69 Å². The van der Waals surface area contributed by atoms with Crippen molar-refractivity contribution in [2.75, 3.05) is 13.2 Å². The Hall–Kier alpha value is -2.10. The number of nitrogens with zero attached hydrogens (tertiary/aromatic N) is 2. The van der Waals surface area contributed by atoms with Crippen molar-refractivity contribution in [1.82, 2.24) is 9.78 Å². The van der Waals surface area contributed by atoms with Crippen molar-refractivity contribution in [2.45, 2.75) is 20.0 Å². The van der Waals surface area contributed by atoms with Crippen molar-refractivity contribution in [1.29, 1.82) is 0 Å². The van der Waals surface area contributed by atoms with Gasteiger partial charge in [-0.2, -0.15) is 5.10 Å². The Labute approximate surface area is 153 Å². The summed E-state index contributed by atoms with van der Waals surface area (Å²) in [6, 6.07) is 7.32. The van der Waals surface area contributed by atoms with Crippen LogP contribution in [0.2, 0.25) is 0 Å². The Bertz CT molecular complexity index is 699. The fourth-order valence-corrected chi connectivity index (χ4v) is 2.28. The second kappa shape index (κ2) is 8.67. The first-order chi connectivity index (χ1) is 11.4. The number of carbonyl (C=O) groups excluding carboxylic acids is 2. The minimum absolute atomic E-state index is 0.0429. The fraction of sp³-hybridized carbons (Fsp3) is 0.312. The topological polar surface area (TPSA) is 79.7 Å².